The van der Waals surface area contributed by atoms with Gasteiger partial charge in [0.25, 0.3) is 10.0 Å². The Morgan fingerprint density at radius 1 is 1.03 bits per heavy atom. The lowest BCUT2D eigenvalue weighted by molar-refractivity contribution is 0.174. The fourth-order valence-corrected chi connectivity index (χ4v) is 5.03. The summed E-state index contributed by atoms with van der Waals surface area (Å²) >= 11 is 0. The largest absolute Gasteiger partial charge is 0.454 e. The summed E-state index contributed by atoms with van der Waals surface area (Å²) in [5.74, 6) is 1.28. The standard InChI is InChI=1S/C24H29N3O4S/c1-18-5-8-21(9-6-18)32(28,29)27-16-19(15-25-11-4-12-26(2)3)13-22(27)20-7-10-23-24(14-20)31-17-30-23/h5-10,13-14,16,25H,4,11-12,15,17H2,1-3H3. The Morgan fingerprint density at radius 3 is 2.53 bits per heavy atom. The van der Waals surface area contributed by atoms with Gasteiger partial charge in [0, 0.05) is 18.3 Å². The molecule has 170 valence electrons. The number of rotatable bonds is 9. The summed E-state index contributed by atoms with van der Waals surface area (Å²) in [6.07, 6.45) is 2.72. The van der Waals surface area contributed by atoms with Crippen molar-refractivity contribution in [2.45, 2.75) is 24.8 Å². The molecule has 0 atom stereocenters. The zero-order chi connectivity index (χ0) is 22.7. The summed E-state index contributed by atoms with van der Waals surface area (Å²) in [5.41, 5.74) is 3.26. The first-order valence-electron chi connectivity index (χ1n) is 10.6. The van der Waals surface area contributed by atoms with Gasteiger partial charge < -0.3 is 19.7 Å². The minimum atomic E-state index is -3.76. The summed E-state index contributed by atoms with van der Waals surface area (Å²) in [7, 11) is 0.334. The van der Waals surface area contributed by atoms with Gasteiger partial charge in [-0.15, -0.1) is 0 Å². The molecule has 2 heterocycles. The molecule has 32 heavy (non-hydrogen) atoms. The third-order valence-corrected chi connectivity index (χ3v) is 7.06. The van der Waals surface area contributed by atoms with Crippen molar-refractivity contribution in [3.63, 3.8) is 0 Å². The van der Waals surface area contributed by atoms with E-state index in [-0.39, 0.29) is 11.7 Å². The number of hydrogen-bond donors (Lipinski definition) is 1. The Hall–Kier alpha value is -2.81. The molecule has 0 saturated heterocycles. The first-order chi connectivity index (χ1) is 15.3. The van der Waals surface area contributed by atoms with Crippen molar-refractivity contribution < 1.29 is 17.9 Å². The molecule has 0 spiro atoms. The van der Waals surface area contributed by atoms with E-state index in [9.17, 15) is 8.42 Å². The van der Waals surface area contributed by atoms with E-state index < -0.39 is 10.0 Å². The van der Waals surface area contributed by atoms with Crippen LogP contribution in [0.4, 0.5) is 0 Å². The van der Waals surface area contributed by atoms with E-state index in [1.807, 2.05) is 57.4 Å². The van der Waals surface area contributed by atoms with Crippen LogP contribution in [0.25, 0.3) is 11.3 Å². The summed E-state index contributed by atoms with van der Waals surface area (Å²) in [6, 6.07) is 14.3. The van der Waals surface area contributed by atoms with E-state index in [0.717, 1.165) is 36.2 Å². The minimum absolute atomic E-state index is 0.170. The topological polar surface area (TPSA) is 72.8 Å². The van der Waals surface area contributed by atoms with Gasteiger partial charge in [-0.2, -0.15) is 0 Å². The maximum atomic E-state index is 13.5. The van der Waals surface area contributed by atoms with Crippen LogP contribution in [0.15, 0.2) is 59.6 Å². The van der Waals surface area contributed by atoms with Crippen LogP contribution >= 0.6 is 0 Å². The van der Waals surface area contributed by atoms with Gasteiger partial charge in [0.05, 0.1) is 10.6 Å². The fourth-order valence-electron chi connectivity index (χ4n) is 3.64. The SMILES string of the molecule is Cc1ccc(S(=O)(=O)n2cc(CNCCCN(C)C)cc2-c2ccc3c(c2)OCO3)cc1. The number of ether oxygens (including phenoxy) is 2. The minimum Gasteiger partial charge on any atom is -0.454 e. The van der Waals surface area contributed by atoms with E-state index >= 15 is 0 Å². The van der Waals surface area contributed by atoms with E-state index in [2.05, 4.69) is 10.2 Å². The fraction of sp³-hybridized carbons (Fsp3) is 0.333. The number of hydrogen-bond acceptors (Lipinski definition) is 6. The maximum absolute atomic E-state index is 13.5. The number of fused-ring (bicyclic) bond motifs is 1. The highest BCUT2D eigenvalue weighted by molar-refractivity contribution is 7.90. The number of benzene rings is 2. The van der Waals surface area contributed by atoms with Crippen molar-refractivity contribution in [1.82, 2.24) is 14.2 Å². The number of aryl methyl sites for hydroxylation is 1. The lowest BCUT2D eigenvalue weighted by Gasteiger charge is -2.11. The second-order valence-electron chi connectivity index (χ2n) is 8.25. The molecule has 1 aromatic heterocycles. The highest BCUT2D eigenvalue weighted by Crippen LogP contribution is 2.37. The van der Waals surface area contributed by atoms with Gasteiger partial charge in [0.2, 0.25) is 6.79 Å². The van der Waals surface area contributed by atoms with Crippen LogP contribution in [0, 0.1) is 6.92 Å². The second-order valence-corrected chi connectivity index (χ2v) is 10.1. The van der Waals surface area contributed by atoms with Crippen LogP contribution in [0.5, 0.6) is 11.5 Å². The Balaban J connectivity index is 1.67. The molecule has 7 nitrogen and oxygen atoms in total. The van der Waals surface area contributed by atoms with Crippen LogP contribution in [0.2, 0.25) is 0 Å². The van der Waals surface area contributed by atoms with Crippen molar-refractivity contribution in [2.75, 3.05) is 34.0 Å². The van der Waals surface area contributed by atoms with Gasteiger partial charge in [-0.3, -0.25) is 0 Å². The first-order valence-corrected chi connectivity index (χ1v) is 12.1. The molecule has 8 heteroatoms. The third kappa shape index (κ3) is 4.82. The molecule has 0 fully saturated rings. The third-order valence-electron chi connectivity index (χ3n) is 5.38. The normalized spacial score (nSPS) is 13.1. The number of nitrogens with zero attached hydrogens (tertiary/aromatic N) is 2. The van der Waals surface area contributed by atoms with Gasteiger partial charge in [-0.1, -0.05) is 17.7 Å². The molecule has 1 N–H and O–H groups in total. The van der Waals surface area contributed by atoms with Crippen LogP contribution in [0.1, 0.15) is 17.5 Å². The Kier molecular flexibility index (Phi) is 6.55. The molecule has 4 rings (SSSR count). The van der Waals surface area contributed by atoms with E-state index in [4.69, 9.17) is 9.47 Å². The zero-order valence-electron chi connectivity index (χ0n) is 18.7. The molecule has 1 aliphatic rings. The molecule has 3 aromatic rings. The Morgan fingerprint density at radius 2 is 1.78 bits per heavy atom. The van der Waals surface area contributed by atoms with Crippen LogP contribution in [-0.2, 0) is 16.6 Å². The Labute approximate surface area is 189 Å². The summed E-state index contributed by atoms with van der Waals surface area (Å²) in [4.78, 5) is 2.40. The molecule has 0 amide bonds. The molecule has 0 saturated carbocycles. The molecule has 2 aromatic carbocycles. The van der Waals surface area contributed by atoms with Crippen molar-refractivity contribution >= 4 is 10.0 Å². The van der Waals surface area contributed by atoms with Gasteiger partial charge >= 0.3 is 0 Å². The van der Waals surface area contributed by atoms with Gasteiger partial charge in [0.15, 0.2) is 11.5 Å². The summed E-state index contributed by atoms with van der Waals surface area (Å²) in [5, 5.41) is 3.41. The van der Waals surface area contributed by atoms with Crippen molar-refractivity contribution in [3.05, 3.63) is 65.9 Å². The lowest BCUT2D eigenvalue weighted by atomic mass is 10.1. The summed E-state index contributed by atoms with van der Waals surface area (Å²) < 4.78 is 39.3. The molecular formula is C24H29N3O4S. The van der Waals surface area contributed by atoms with Crippen LogP contribution in [0.3, 0.4) is 0 Å². The molecule has 0 bridgehead atoms. The smallest absolute Gasteiger partial charge is 0.268 e. The monoisotopic (exact) mass is 455 g/mol. The van der Waals surface area contributed by atoms with Crippen molar-refractivity contribution in [2.24, 2.45) is 0 Å². The first kappa shape index (κ1) is 22.4. The Bertz CT molecular complexity index is 1180. The van der Waals surface area contributed by atoms with E-state index in [1.54, 1.807) is 18.3 Å². The average Bonchev–Trinajstić information content (AvgIpc) is 3.40. The van der Waals surface area contributed by atoms with Gasteiger partial charge in [-0.05, 0) is 82.5 Å². The quantitative estimate of drug-likeness (QED) is 0.498. The van der Waals surface area contributed by atoms with E-state index in [1.165, 1.54) is 3.97 Å². The molecule has 0 radical (unpaired) electrons. The van der Waals surface area contributed by atoms with Crippen LogP contribution < -0.4 is 14.8 Å². The number of aromatic nitrogens is 1. The molecular weight excluding hydrogens is 426 g/mol. The average molecular weight is 456 g/mol. The van der Waals surface area contributed by atoms with Gasteiger partial charge in [0.1, 0.15) is 0 Å². The molecule has 1 aliphatic heterocycles. The van der Waals surface area contributed by atoms with E-state index in [0.29, 0.717) is 23.7 Å². The lowest BCUT2D eigenvalue weighted by Crippen LogP contribution is -2.20. The summed E-state index contributed by atoms with van der Waals surface area (Å²) in [6.45, 7) is 4.54. The van der Waals surface area contributed by atoms with Crippen molar-refractivity contribution in [1.29, 1.82) is 0 Å². The predicted molar refractivity (Wildman–Crippen MR) is 125 cm³/mol. The van der Waals surface area contributed by atoms with Gasteiger partial charge in [-0.25, -0.2) is 12.4 Å². The van der Waals surface area contributed by atoms with Crippen molar-refractivity contribution in [3.8, 4) is 22.8 Å². The molecule has 0 unspecified atom stereocenters. The molecule has 0 aliphatic carbocycles. The highest BCUT2D eigenvalue weighted by atomic mass is 32.2. The highest BCUT2D eigenvalue weighted by Gasteiger charge is 2.23. The maximum Gasteiger partial charge on any atom is 0.268 e. The second kappa shape index (κ2) is 9.36. The van der Waals surface area contributed by atoms with Crippen LogP contribution in [-0.4, -0.2) is 51.3 Å². The number of nitrogens with one attached hydrogen (secondary N) is 1. The predicted octanol–water partition coefficient (Wildman–Crippen LogP) is 3.47. The zero-order valence-corrected chi connectivity index (χ0v) is 19.5.